The SMILES string of the molecule is CCOC(=O)C(C(=O)OCC)N(CCCC(=O)O)C(=O)C(C)=Cc1ccc(C(=O)Oc2ccc(C(=N)N)cc2)cc1. The maximum absolute atomic E-state index is 13.4. The van der Waals surface area contributed by atoms with Gasteiger partial charge in [0.15, 0.2) is 0 Å². The van der Waals surface area contributed by atoms with Crippen LogP contribution in [0.15, 0.2) is 54.1 Å². The maximum atomic E-state index is 13.4. The summed E-state index contributed by atoms with van der Waals surface area (Å²) in [5.74, 6) is -4.23. The van der Waals surface area contributed by atoms with Crippen molar-refractivity contribution in [3.8, 4) is 5.75 Å². The van der Waals surface area contributed by atoms with Gasteiger partial charge in [-0.05, 0) is 75.2 Å². The van der Waals surface area contributed by atoms with Crippen LogP contribution in [0.25, 0.3) is 6.08 Å². The van der Waals surface area contributed by atoms with Gasteiger partial charge in [-0.1, -0.05) is 12.1 Å². The van der Waals surface area contributed by atoms with E-state index in [1.54, 1.807) is 38.1 Å². The molecule has 0 saturated carbocycles. The van der Waals surface area contributed by atoms with E-state index in [9.17, 15) is 24.0 Å². The fourth-order valence-corrected chi connectivity index (χ4v) is 3.66. The molecule has 0 unspecified atom stereocenters. The van der Waals surface area contributed by atoms with Gasteiger partial charge in [0, 0.05) is 24.1 Å². The Balaban J connectivity index is 2.26. The second kappa shape index (κ2) is 15.6. The molecule has 0 aromatic heterocycles. The summed E-state index contributed by atoms with van der Waals surface area (Å²) in [4.78, 5) is 63.2. The number of amides is 1. The minimum Gasteiger partial charge on any atom is -0.481 e. The van der Waals surface area contributed by atoms with Gasteiger partial charge in [-0.3, -0.25) is 15.0 Å². The molecule has 2 aromatic carbocycles. The number of nitrogens with zero attached hydrogens (tertiary/aromatic N) is 1. The largest absolute Gasteiger partial charge is 0.481 e. The molecule has 0 atom stereocenters. The number of carboxylic acids is 1. The quantitative estimate of drug-likeness (QED) is 0.0765. The minimum atomic E-state index is -1.71. The van der Waals surface area contributed by atoms with Crippen molar-refractivity contribution < 1.29 is 43.3 Å². The Morgan fingerprint density at radius 3 is 1.95 bits per heavy atom. The molecule has 0 aliphatic heterocycles. The normalized spacial score (nSPS) is 11.0. The zero-order valence-corrected chi connectivity index (χ0v) is 23.0. The predicted octanol–water partition coefficient (Wildman–Crippen LogP) is 2.78. The maximum Gasteiger partial charge on any atom is 0.343 e. The van der Waals surface area contributed by atoms with E-state index in [1.807, 2.05) is 0 Å². The molecule has 2 aromatic rings. The van der Waals surface area contributed by atoms with Crippen LogP contribution in [0.4, 0.5) is 0 Å². The molecule has 4 N–H and O–H groups in total. The van der Waals surface area contributed by atoms with Crippen LogP contribution in [0, 0.1) is 5.41 Å². The predicted molar refractivity (Wildman–Crippen MR) is 148 cm³/mol. The number of rotatable bonds is 14. The molecule has 0 spiro atoms. The minimum absolute atomic E-state index is 0.0159. The van der Waals surface area contributed by atoms with E-state index >= 15 is 0 Å². The third-order valence-electron chi connectivity index (χ3n) is 5.62. The molecule has 2 rings (SSSR count). The first-order chi connectivity index (χ1) is 19.5. The average Bonchev–Trinajstić information content (AvgIpc) is 2.92. The number of benzene rings is 2. The Kier molecular flexibility index (Phi) is 12.2. The van der Waals surface area contributed by atoms with Crippen LogP contribution >= 0.6 is 0 Å². The summed E-state index contributed by atoms with van der Waals surface area (Å²) in [6, 6.07) is 10.6. The van der Waals surface area contributed by atoms with Crippen molar-refractivity contribution in [3.63, 3.8) is 0 Å². The lowest BCUT2D eigenvalue weighted by Gasteiger charge is -2.29. The van der Waals surface area contributed by atoms with Gasteiger partial charge in [0.05, 0.1) is 18.8 Å². The zero-order chi connectivity index (χ0) is 30.5. The lowest BCUT2D eigenvalue weighted by atomic mass is 10.1. The van der Waals surface area contributed by atoms with Crippen LogP contribution in [0.1, 0.15) is 55.1 Å². The van der Waals surface area contributed by atoms with Crippen LogP contribution in [0.2, 0.25) is 0 Å². The highest BCUT2D eigenvalue weighted by Gasteiger charge is 2.38. The highest BCUT2D eigenvalue weighted by Crippen LogP contribution is 2.18. The van der Waals surface area contributed by atoms with Crippen LogP contribution < -0.4 is 10.5 Å². The third-order valence-corrected chi connectivity index (χ3v) is 5.62. The Hall–Kier alpha value is -5.00. The van der Waals surface area contributed by atoms with E-state index in [-0.39, 0.29) is 55.3 Å². The number of carboxylic acid groups (broad SMARTS) is 1. The molecular weight excluding hydrogens is 534 g/mol. The number of amidine groups is 1. The van der Waals surface area contributed by atoms with Gasteiger partial charge in [0.25, 0.3) is 5.91 Å². The standard InChI is InChI=1S/C29H33N3O9/c1-4-39-28(37)24(29(38)40-5-2)32(16-6-7-23(33)34)26(35)18(3)17-19-8-10-21(11-9-19)27(36)41-22-14-12-20(13-15-22)25(30)31/h8-15,17,24H,4-7,16H2,1-3H3,(H3,30,31)(H,33,34). The van der Waals surface area contributed by atoms with Crippen molar-refractivity contribution in [2.24, 2.45) is 5.73 Å². The number of hydrogen-bond acceptors (Lipinski definition) is 9. The summed E-state index contributed by atoms with van der Waals surface area (Å²) < 4.78 is 15.3. The first-order valence-corrected chi connectivity index (χ1v) is 12.8. The molecule has 0 heterocycles. The molecule has 0 fully saturated rings. The van der Waals surface area contributed by atoms with Gasteiger partial charge in [-0.15, -0.1) is 0 Å². The van der Waals surface area contributed by atoms with Crippen molar-refractivity contribution in [1.29, 1.82) is 5.41 Å². The van der Waals surface area contributed by atoms with Crippen LogP contribution in [0.3, 0.4) is 0 Å². The third kappa shape index (κ3) is 9.60. The smallest absolute Gasteiger partial charge is 0.343 e. The summed E-state index contributed by atoms with van der Waals surface area (Å²) in [7, 11) is 0. The number of carbonyl (C=O) groups excluding carboxylic acids is 4. The van der Waals surface area contributed by atoms with Crippen LogP contribution in [-0.4, -0.2) is 71.4 Å². The van der Waals surface area contributed by atoms with Crippen molar-refractivity contribution in [2.75, 3.05) is 19.8 Å². The number of ether oxygens (including phenoxy) is 3. The molecule has 218 valence electrons. The molecular formula is C29H33N3O9. The Morgan fingerprint density at radius 1 is 0.927 bits per heavy atom. The van der Waals surface area contributed by atoms with Crippen LogP contribution in [0.5, 0.6) is 5.75 Å². The Labute approximate surface area is 237 Å². The summed E-state index contributed by atoms with van der Waals surface area (Å²) in [6.45, 7) is 4.28. The molecule has 12 nitrogen and oxygen atoms in total. The Morgan fingerprint density at radius 2 is 1.46 bits per heavy atom. The summed E-state index contributed by atoms with van der Waals surface area (Å²) in [5.41, 5.74) is 6.82. The molecule has 0 bridgehead atoms. The van der Waals surface area contributed by atoms with Crippen molar-refractivity contribution in [2.45, 2.75) is 39.7 Å². The van der Waals surface area contributed by atoms with E-state index in [0.29, 0.717) is 11.1 Å². The number of carbonyl (C=O) groups is 5. The fraction of sp³-hybridized carbons (Fsp3) is 0.310. The van der Waals surface area contributed by atoms with Gasteiger partial charge in [0.2, 0.25) is 6.04 Å². The highest BCUT2D eigenvalue weighted by molar-refractivity contribution is 6.06. The molecule has 1 amide bonds. The number of aliphatic carboxylic acids is 1. The molecule has 0 saturated heterocycles. The van der Waals surface area contributed by atoms with Crippen LogP contribution in [-0.2, 0) is 28.7 Å². The van der Waals surface area contributed by atoms with Crippen molar-refractivity contribution >= 4 is 41.7 Å². The molecule has 12 heteroatoms. The average molecular weight is 568 g/mol. The zero-order valence-electron chi connectivity index (χ0n) is 23.0. The monoisotopic (exact) mass is 567 g/mol. The lowest BCUT2D eigenvalue weighted by Crippen LogP contribution is -2.52. The summed E-state index contributed by atoms with van der Waals surface area (Å²) in [6.07, 6.45) is 1.19. The first-order valence-electron chi connectivity index (χ1n) is 12.8. The van der Waals surface area contributed by atoms with E-state index in [2.05, 4.69) is 0 Å². The van der Waals surface area contributed by atoms with E-state index in [0.717, 1.165) is 4.90 Å². The number of nitrogens with two attached hydrogens (primary N) is 1. The molecule has 0 aliphatic carbocycles. The lowest BCUT2D eigenvalue weighted by molar-refractivity contribution is -0.167. The number of nitrogens with one attached hydrogen (secondary N) is 1. The van der Waals surface area contributed by atoms with E-state index in [1.165, 1.54) is 37.3 Å². The second-order valence-electron chi connectivity index (χ2n) is 8.68. The number of esters is 3. The highest BCUT2D eigenvalue weighted by atomic mass is 16.6. The van der Waals surface area contributed by atoms with Gasteiger partial charge in [0.1, 0.15) is 11.6 Å². The number of nitrogen functional groups attached to an aromatic ring is 1. The van der Waals surface area contributed by atoms with Gasteiger partial charge in [-0.25, -0.2) is 14.4 Å². The van der Waals surface area contributed by atoms with Gasteiger partial charge in [-0.2, -0.15) is 0 Å². The molecule has 41 heavy (non-hydrogen) atoms. The van der Waals surface area contributed by atoms with Gasteiger partial charge < -0.3 is 30.0 Å². The topological polar surface area (TPSA) is 186 Å². The van der Waals surface area contributed by atoms with Crippen molar-refractivity contribution in [1.82, 2.24) is 4.90 Å². The second-order valence-corrected chi connectivity index (χ2v) is 8.68. The summed E-state index contributed by atoms with van der Waals surface area (Å²) in [5, 5.41) is 16.4. The Bertz CT molecular complexity index is 1280. The van der Waals surface area contributed by atoms with E-state index in [4.69, 9.17) is 30.5 Å². The van der Waals surface area contributed by atoms with Gasteiger partial charge >= 0.3 is 23.9 Å². The summed E-state index contributed by atoms with van der Waals surface area (Å²) >= 11 is 0. The molecule has 0 aliphatic rings. The molecule has 0 radical (unpaired) electrons. The first kappa shape index (κ1) is 32.2. The van der Waals surface area contributed by atoms with Crippen molar-refractivity contribution in [3.05, 3.63) is 70.8 Å². The fourth-order valence-electron chi connectivity index (χ4n) is 3.66. The van der Waals surface area contributed by atoms with E-state index < -0.39 is 35.8 Å². The number of hydrogen-bond donors (Lipinski definition) is 3.